The molecular formula is C17H29FN2. The maximum absolute atomic E-state index is 14.2. The van der Waals surface area contributed by atoms with Gasteiger partial charge in [0.1, 0.15) is 5.82 Å². The average molecular weight is 280 g/mol. The maximum atomic E-state index is 14.2. The number of halogens is 1. The molecule has 0 saturated carbocycles. The summed E-state index contributed by atoms with van der Waals surface area (Å²) < 4.78 is 14.2. The molecule has 2 N–H and O–H groups in total. The smallest absolute Gasteiger partial charge is 0.128 e. The van der Waals surface area contributed by atoms with Gasteiger partial charge in [0.15, 0.2) is 0 Å². The Hall–Kier alpha value is -0.930. The van der Waals surface area contributed by atoms with E-state index in [1.807, 2.05) is 12.1 Å². The van der Waals surface area contributed by atoms with Gasteiger partial charge in [-0.25, -0.2) is 4.39 Å². The summed E-state index contributed by atoms with van der Waals surface area (Å²) in [5.41, 5.74) is 7.04. The molecule has 2 atom stereocenters. The molecule has 0 spiro atoms. The summed E-state index contributed by atoms with van der Waals surface area (Å²) in [5.74, 6) is 0.367. The second-order valence-electron chi connectivity index (χ2n) is 6.22. The Bertz CT molecular complexity index is 404. The highest BCUT2D eigenvalue weighted by Crippen LogP contribution is 2.29. The number of nitrogens with zero attached hydrogens (tertiary/aromatic N) is 1. The van der Waals surface area contributed by atoms with Crippen LogP contribution >= 0.6 is 0 Å². The fourth-order valence-corrected chi connectivity index (χ4v) is 2.66. The van der Waals surface area contributed by atoms with E-state index >= 15 is 0 Å². The van der Waals surface area contributed by atoms with Crippen LogP contribution in [0, 0.1) is 11.7 Å². The molecule has 2 nitrogen and oxygen atoms in total. The molecule has 20 heavy (non-hydrogen) atoms. The van der Waals surface area contributed by atoms with E-state index < -0.39 is 0 Å². The van der Waals surface area contributed by atoms with Gasteiger partial charge in [-0.1, -0.05) is 39.0 Å². The number of benzene rings is 1. The first-order valence-electron chi connectivity index (χ1n) is 7.64. The summed E-state index contributed by atoms with van der Waals surface area (Å²) in [5, 5.41) is 0. The summed E-state index contributed by atoms with van der Waals surface area (Å²) >= 11 is 0. The minimum absolute atomic E-state index is 0.0620. The summed E-state index contributed by atoms with van der Waals surface area (Å²) in [6.45, 7) is 11.7. The van der Waals surface area contributed by atoms with Gasteiger partial charge < -0.3 is 5.73 Å². The lowest BCUT2D eigenvalue weighted by atomic mass is 9.93. The largest absolute Gasteiger partial charge is 0.326 e. The average Bonchev–Trinajstić information content (AvgIpc) is 2.39. The van der Waals surface area contributed by atoms with Crippen molar-refractivity contribution in [3.63, 3.8) is 0 Å². The third kappa shape index (κ3) is 4.29. The normalized spacial score (nSPS) is 15.1. The van der Waals surface area contributed by atoms with Gasteiger partial charge in [0, 0.05) is 24.2 Å². The monoisotopic (exact) mass is 280 g/mol. The van der Waals surface area contributed by atoms with Crippen LogP contribution < -0.4 is 5.73 Å². The summed E-state index contributed by atoms with van der Waals surface area (Å²) in [4.78, 5) is 2.33. The molecule has 1 aromatic rings. The van der Waals surface area contributed by atoms with Crippen molar-refractivity contribution in [2.75, 3.05) is 6.54 Å². The molecule has 114 valence electrons. The Morgan fingerprint density at radius 2 is 1.75 bits per heavy atom. The first-order valence-corrected chi connectivity index (χ1v) is 7.64. The zero-order chi connectivity index (χ0) is 15.3. The van der Waals surface area contributed by atoms with E-state index in [4.69, 9.17) is 5.73 Å². The Labute approximate surface area is 123 Å². The molecule has 0 saturated heterocycles. The highest BCUT2D eigenvalue weighted by Gasteiger charge is 2.29. The number of rotatable bonds is 7. The van der Waals surface area contributed by atoms with Crippen LogP contribution in [-0.2, 0) is 0 Å². The van der Waals surface area contributed by atoms with Gasteiger partial charge in [0.25, 0.3) is 0 Å². The quantitative estimate of drug-likeness (QED) is 0.819. The van der Waals surface area contributed by atoms with E-state index in [0.29, 0.717) is 12.0 Å². The Balaban J connectivity index is 3.19. The van der Waals surface area contributed by atoms with Crippen molar-refractivity contribution in [3.05, 3.63) is 35.6 Å². The first kappa shape index (κ1) is 17.1. The third-order valence-corrected chi connectivity index (χ3v) is 3.70. The van der Waals surface area contributed by atoms with Crippen LogP contribution in [0.15, 0.2) is 24.3 Å². The highest BCUT2D eigenvalue weighted by atomic mass is 19.1. The zero-order valence-corrected chi connectivity index (χ0v) is 13.4. The number of hydrogen-bond donors (Lipinski definition) is 1. The molecule has 0 amide bonds. The fourth-order valence-electron chi connectivity index (χ4n) is 2.66. The van der Waals surface area contributed by atoms with Gasteiger partial charge in [-0.05, 0) is 32.3 Å². The van der Waals surface area contributed by atoms with Crippen LogP contribution in [0.3, 0.4) is 0 Å². The molecular weight excluding hydrogens is 251 g/mol. The molecule has 2 unspecified atom stereocenters. The van der Waals surface area contributed by atoms with Gasteiger partial charge in [-0.3, -0.25) is 4.90 Å². The Kier molecular flexibility index (Phi) is 6.63. The van der Waals surface area contributed by atoms with Gasteiger partial charge in [-0.15, -0.1) is 0 Å². The van der Waals surface area contributed by atoms with E-state index in [-0.39, 0.29) is 17.9 Å². The summed E-state index contributed by atoms with van der Waals surface area (Å²) in [6.07, 6.45) is 0.834. The van der Waals surface area contributed by atoms with Crippen molar-refractivity contribution < 1.29 is 4.39 Å². The van der Waals surface area contributed by atoms with Crippen LogP contribution in [0.25, 0.3) is 0 Å². The van der Waals surface area contributed by atoms with E-state index in [2.05, 4.69) is 39.5 Å². The molecule has 0 aliphatic carbocycles. The summed E-state index contributed by atoms with van der Waals surface area (Å²) in [7, 11) is 0. The van der Waals surface area contributed by atoms with Gasteiger partial charge in [0.2, 0.25) is 0 Å². The molecule has 0 fully saturated rings. The fraction of sp³-hybridized carbons (Fsp3) is 0.647. The minimum atomic E-state index is -0.157. The Morgan fingerprint density at radius 1 is 1.15 bits per heavy atom. The van der Waals surface area contributed by atoms with Crippen molar-refractivity contribution in [2.24, 2.45) is 11.7 Å². The van der Waals surface area contributed by atoms with E-state index in [0.717, 1.165) is 18.5 Å². The van der Waals surface area contributed by atoms with Crippen molar-refractivity contribution in [3.8, 4) is 0 Å². The molecule has 0 heterocycles. The zero-order valence-electron chi connectivity index (χ0n) is 13.4. The van der Waals surface area contributed by atoms with Crippen molar-refractivity contribution in [2.45, 2.75) is 59.2 Å². The predicted octanol–water partition coefficient (Wildman–Crippen LogP) is 3.97. The standard InChI is InChI=1S/C17H29FN2/c1-6-16(19)17(14-9-7-8-10-15(14)18)20(13(4)5)11-12(2)3/h7-10,12-13,16-17H,6,11,19H2,1-5H3. The van der Waals surface area contributed by atoms with Crippen molar-refractivity contribution >= 4 is 0 Å². The lowest BCUT2D eigenvalue weighted by Gasteiger charge is -2.39. The van der Waals surface area contributed by atoms with Crippen LogP contribution in [-0.4, -0.2) is 23.5 Å². The van der Waals surface area contributed by atoms with E-state index in [1.54, 1.807) is 6.07 Å². The molecule has 3 heteroatoms. The van der Waals surface area contributed by atoms with E-state index in [1.165, 1.54) is 6.07 Å². The lowest BCUT2D eigenvalue weighted by molar-refractivity contribution is 0.111. The van der Waals surface area contributed by atoms with Crippen molar-refractivity contribution in [1.82, 2.24) is 4.90 Å². The molecule has 0 bridgehead atoms. The predicted molar refractivity (Wildman–Crippen MR) is 84.1 cm³/mol. The van der Waals surface area contributed by atoms with Crippen LogP contribution in [0.4, 0.5) is 4.39 Å². The maximum Gasteiger partial charge on any atom is 0.128 e. The Morgan fingerprint density at radius 3 is 2.20 bits per heavy atom. The van der Waals surface area contributed by atoms with Crippen molar-refractivity contribution in [1.29, 1.82) is 0 Å². The van der Waals surface area contributed by atoms with Gasteiger partial charge in [0.05, 0.1) is 6.04 Å². The molecule has 0 aromatic heterocycles. The molecule has 1 rings (SSSR count). The highest BCUT2D eigenvalue weighted by molar-refractivity contribution is 5.23. The second-order valence-corrected chi connectivity index (χ2v) is 6.22. The number of hydrogen-bond acceptors (Lipinski definition) is 2. The minimum Gasteiger partial charge on any atom is -0.326 e. The van der Waals surface area contributed by atoms with Gasteiger partial charge in [-0.2, -0.15) is 0 Å². The van der Waals surface area contributed by atoms with Gasteiger partial charge >= 0.3 is 0 Å². The third-order valence-electron chi connectivity index (χ3n) is 3.70. The van der Waals surface area contributed by atoms with Crippen LogP contribution in [0.5, 0.6) is 0 Å². The SMILES string of the molecule is CCC(N)C(c1ccccc1F)N(CC(C)C)C(C)C. The molecule has 0 aliphatic rings. The second kappa shape index (κ2) is 7.75. The molecule has 0 aliphatic heterocycles. The lowest BCUT2D eigenvalue weighted by Crippen LogP contribution is -2.46. The number of nitrogens with two attached hydrogens (primary N) is 1. The van der Waals surface area contributed by atoms with E-state index in [9.17, 15) is 4.39 Å². The van der Waals surface area contributed by atoms with Crippen LogP contribution in [0.2, 0.25) is 0 Å². The van der Waals surface area contributed by atoms with Crippen LogP contribution in [0.1, 0.15) is 52.6 Å². The topological polar surface area (TPSA) is 29.3 Å². The molecule has 0 radical (unpaired) electrons. The summed E-state index contributed by atoms with van der Waals surface area (Å²) in [6, 6.07) is 7.22. The molecule has 1 aromatic carbocycles. The first-order chi connectivity index (χ1) is 9.38.